The van der Waals surface area contributed by atoms with E-state index < -0.39 is 0 Å². The number of benzene rings is 1. The zero-order chi connectivity index (χ0) is 13.1. The summed E-state index contributed by atoms with van der Waals surface area (Å²) in [7, 11) is 0. The van der Waals surface area contributed by atoms with Crippen molar-refractivity contribution in [1.29, 1.82) is 0 Å². The normalized spacial score (nSPS) is 22.0. The average Bonchev–Trinajstić information content (AvgIpc) is 2.38. The second-order valence-corrected chi connectivity index (χ2v) is 5.90. The summed E-state index contributed by atoms with van der Waals surface area (Å²) in [5, 5.41) is 3.53. The highest BCUT2D eigenvalue weighted by molar-refractivity contribution is 9.10. The molecule has 0 spiro atoms. The van der Waals surface area contributed by atoms with E-state index in [1.807, 2.05) is 12.1 Å². The number of hydrogen-bond acceptors (Lipinski definition) is 2. The topological polar surface area (TPSA) is 15.3 Å². The number of hydrogen-bond donors (Lipinski definition) is 1. The van der Waals surface area contributed by atoms with Crippen molar-refractivity contribution in [3.05, 3.63) is 28.5 Å². The monoisotopic (exact) mass is 314 g/mol. The van der Waals surface area contributed by atoms with Crippen molar-refractivity contribution >= 4 is 21.6 Å². The summed E-state index contributed by atoms with van der Waals surface area (Å²) in [4.78, 5) is 2.15. The van der Waals surface area contributed by atoms with E-state index in [1.165, 1.54) is 6.07 Å². The Morgan fingerprint density at radius 2 is 2.33 bits per heavy atom. The van der Waals surface area contributed by atoms with E-state index in [-0.39, 0.29) is 5.82 Å². The summed E-state index contributed by atoms with van der Waals surface area (Å²) in [5.74, 6) is 0.473. The zero-order valence-electron chi connectivity index (χ0n) is 10.9. The Labute approximate surface area is 117 Å². The molecule has 1 aromatic rings. The molecule has 0 radical (unpaired) electrons. The van der Waals surface area contributed by atoms with Crippen LogP contribution in [0.25, 0.3) is 0 Å². The minimum absolute atomic E-state index is 0.144. The fraction of sp³-hybridized carbons (Fsp3) is 0.571. The van der Waals surface area contributed by atoms with Gasteiger partial charge < -0.3 is 10.2 Å². The van der Waals surface area contributed by atoms with Crippen LogP contribution in [0.1, 0.15) is 20.3 Å². The van der Waals surface area contributed by atoms with E-state index in [4.69, 9.17) is 0 Å². The number of nitrogens with one attached hydrogen (secondary N) is 1. The number of anilines is 1. The molecule has 2 nitrogen and oxygen atoms in total. The first-order chi connectivity index (χ1) is 8.61. The van der Waals surface area contributed by atoms with Gasteiger partial charge in [0.05, 0.1) is 5.69 Å². The molecular weight excluding hydrogens is 295 g/mol. The highest BCUT2D eigenvalue weighted by atomic mass is 79.9. The summed E-state index contributed by atoms with van der Waals surface area (Å²) >= 11 is 3.30. The molecule has 0 saturated carbocycles. The second kappa shape index (κ2) is 6.02. The van der Waals surface area contributed by atoms with Crippen molar-refractivity contribution in [2.45, 2.75) is 26.3 Å². The predicted molar refractivity (Wildman–Crippen MR) is 77.6 cm³/mol. The molecule has 1 heterocycles. The van der Waals surface area contributed by atoms with Crippen molar-refractivity contribution in [3.8, 4) is 0 Å². The van der Waals surface area contributed by atoms with Crippen LogP contribution in [0.3, 0.4) is 0 Å². The highest BCUT2D eigenvalue weighted by Crippen LogP contribution is 2.25. The summed E-state index contributed by atoms with van der Waals surface area (Å²) < 4.78 is 14.7. The molecule has 1 aromatic carbocycles. The van der Waals surface area contributed by atoms with Crippen molar-refractivity contribution in [1.82, 2.24) is 5.32 Å². The third kappa shape index (κ3) is 3.04. The van der Waals surface area contributed by atoms with Gasteiger partial charge in [0.2, 0.25) is 0 Å². The molecule has 0 aromatic heterocycles. The zero-order valence-corrected chi connectivity index (χ0v) is 12.5. The minimum Gasteiger partial charge on any atom is -0.366 e. The van der Waals surface area contributed by atoms with E-state index in [0.717, 1.165) is 30.5 Å². The lowest BCUT2D eigenvalue weighted by Gasteiger charge is -2.38. The van der Waals surface area contributed by atoms with Gasteiger partial charge in [0, 0.05) is 30.1 Å². The molecule has 2 atom stereocenters. The van der Waals surface area contributed by atoms with Crippen LogP contribution in [0.2, 0.25) is 0 Å². The first kappa shape index (κ1) is 13.8. The van der Waals surface area contributed by atoms with Crippen molar-refractivity contribution < 1.29 is 4.39 Å². The van der Waals surface area contributed by atoms with E-state index >= 15 is 0 Å². The molecule has 4 heteroatoms. The van der Waals surface area contributed by atoms with Gasteiger partial charge in [-0.3, -0.25) is 0 Å². The Balaban J connectivity index is 2.13. The maximum atomic E-state index is 14.0. The summed E-state index contributed by atoms with van der Waals surface area (Å²) in [6.45, 7) is 7.12. The van der Waals surface area contributed by atoms with Crippen LogP contribution >= 0.6 is 15.9 Å². The summed E-state index contributed by atoms with van der Waals surface area (Å²) in [5.41, 5.74) is 0.716. The van der Waals surface area contributed by atoms with E-state index in [1.54, 1.807) is 0 Å². The van der Waals surface area contributed by atoms with Gasteiger partial charge in [0.1, 0.15) is 5.82 Å². The lowest BCUT2D eigenvalue weighted by molar-refractivity contribution is 0.340. The van der Waals surface area contributed by atoms with Gasteiger partial charge in [0.25, 0.3) is 0 Å². The molecule has 18 heavy (non-hydrogen) atoms. The number of halogens is 2. The Morgan fingerprint density at radius 1 is 1.56 bits per heavy atom. The molecule has 1 saturated heterocycles. The van der Waals surface area contributed by atoms with Gasteiger partial charge in [-0.15, -0.1) is 0 Å². The fourth-order valence-electron chi connectivity index (χ4n) is 2.40. The van der Waals surface area contributed by atoms with Crippen LogP contribution in [0.4, 0.5) is 10.1 Å². The van der Waals surface area contributed by atoms with Crippen LogP contribution < -0.4 is 10.2 Å². The predicted octanol–water partition coefficient (Wildman–Crippen LogP) is 3.41. The SMILES string of the molecule is CCC(C)C1CN(c2ccc(Br)cc2F)CCN1. The van der Waals surface area contributed by atoms with Gasteiger partial charge in [-0.2, -0.15) is 0 Å². The third-order valence-electron chi connectivity index (χ3n) is 3.79. The molecule has 1 fully saturated rings. The Morgan fingerprint density at radius 3 is 3.00 bits per heavy atom. The highest BCUT2D eigenvalue weighted by Gasteiger charge is 2.24. The van der Waals surface area contributed by atoms with Crippen molar-refractivity contribution in [3.63, 3.8) is 0 Å². The molecule has 0 amide bonds. The molecule has 1 aliphatic heterocycles. The number of rotatable bonds is 3. The lowest BCUT2D eigenvalue weighted by Crippen LogP contribution is -2.53. The fourth-order valence-corrected chi connectivity index (χ4v) is 2.73. The van der Waals surface area contributed by atoms with Gasteiger partial charge in [-0.25, -0.2) is 4.39 Å². The maximum absolute atomic E-state index is 14.0. The first-order valence-electron chi connectivity index (χ1n) is 6.55. The molecule has 2 unspecified atom stereocenters. The summed E-state index contributed by atoms with van der Waals surface area (Å²) in [6.07, 6.45) is 1.15. The molecule has 0 aliphatic carbocycles. The Kier molecular flexibility index (Phi) is 4.62. The third-order valence-corrected chi connectivity index (χ3v) is 4.28. The first-order valence-corrected chi connectivity index (χ1v) is 7.34. The largest absolute Gasteiger partial charge is 0.366 e. The number of piperazine rings is 1. The lowest BCUT2D eigenvalue weighted by atomic mass is 9.97. The van der Waals surface area contributed by atoms with Crippen molar-refractivity contribution in [2.75, 3.05) is 24.5 Å². The molecule has 0 bridgehead atoms. The van der Waals surface area contributed by atoms with E-state index in [9.17, 15) is 4.39 Å². The molecular formula is C14H20BrFN2. The molecule has 1 N–H and O–H groups in total. The van der Waals surface area contributed by atoms with Gasteiger partial charge in [-0.05, 0) is 24.1 Å². The molecule has 100 valence electrons. The minimum atomic E-state index is -0.144. The quantitative estimate of drug-likeness (QED) is 0.919. The van der Waals surface area contributed by atoms with Crippen LogP contribution in [-0.2, 0) is 0 Å². The molecule has 1 aliphatic rings. The average molecular weight is 315 g/mol. The number of nitrogens with zero attached hydrogens (tertiary/aromatic N) is 1. The van der Waals surface area contributed by atoms with Crippen molar-refractivity contribution in [2.24, 2.45) is 5.92 Å². The smallest absolute Gasteiger partial charge is 0.147 e. The standard InChI is InChI=1S/C14H20BrFN2/c1-3-10(2)13-9-18(7-6-17-13)14-5-4-11(15)8-12(14)16/h4-5,8,10,13,17H,3,6-7,9H2,1-2H3. The maximum Gasteiger partial charge on any atom is 0.147 e. The van der Waals surface area contributed by atoms with Crippen LogP contribution in [0.15, 0.2) is 22.7 Å². The van der Waals surface area contributed by atoms with Crippen LogP contribution in [-0.4, -0.2) is 25.7 Å². The molecule has 2 rings (SSSR count). The van der Waals surface area contributed by atoms with E-state index in [0.29, 0.717) is 17.6 Å². The van der Waals surface area contributed by atoms with Gasteiger partial charge in [-0.1, -0.05) is 36.2 Å². The summed E-state index contributed by atoms with van der Waals surface area (Å²) in [6, 6.07) is 5.75. The Bertz CT molecular complexity index is 411. The van der Waals surface area contributed by atoms with Crippen LogP contribution in [0, 0.1) is 11.7 Å². The van der Waals surface area contributed by atoms with Crippen LogP contribution in [0.5, 0.6) is 0 Å². The van der Waals surface area contributed by atoms with Gasteiger partial charge >= 0.3 is 0 Å². The van der Waals surface area contributed by atoms with Gasteiger partial charge in [0.15, 0.2) is 0 Å². The Hall–Kier alpha value is -0.610. The van der Waals surface area contributed by atoms with E-state index in [2.05, 4.69) is 40.0 Å². The second-order valence-electron chi connectivity index (χ2n) is 4.99.